The molecule has 25 heavy (non-hydrogen) atoms. The first-order valence-corrected chi connectivity index (χ1v) is 9.71. The summed E-state index contributed by atoms with van der Waals surface area (Å²) in [6, 6.07) is 9.19. The van der Waals surface area contributed by atoms with Gasteiger partial charge in [0.25, 0.3) is 0 Å². The monoisotopic (exact) mass is 365 g/mol. The number of nitrogens with one attached hydrogen (secondary N) is 1. The van der Waals surface area contributed by atoms with E-state index in [1.807, 2.05) is 65.0 Å². The van der Waals surface area contributed by atoms with Crippen LogP contribution in [0.2, 0.25) is 0 Å². The summed E-state index contributed by atoms with van der Waals surface area (Å²) in [6.07, 6.45) is 0.583. The topological polar surface area (TPSA) is 55.4 Å². The molecule has 4 nitrogen and oxygen atoms in total. The molecule has 0 spiro atoms. The van der Waals surface area contributed by atoms with Gasteiger partial charge in [0.15, 0.2) is 5.12 Å². The molecule has 0 heterocycles. The minimum Gasteiger partial charge on any atom is -0.465 e. The van der Waals surface area contributed by atoms with Crippen LogP contribution in [0.1, 0.15) is 59.6 Å². The lowest BCUT2D eigenvalue weighted by molar-refractivity contribution is -0.148. The molecule has 1 aromatic carbocycles. The average Bonchev–Trinajstić information content (AvgIpc) is 2.53. The van der Waals surface area contributed by atoms with E-state index in [4.69, 9.17) is 4.74 Å². The summed E-state index contributed by atoms with van der Waals surface area (Å²) in [6.45, 7) is 12.0. The van der Waals surface area contributed by atoms with E-state index in [-0.39, 0.29) is 21.9 Å². The van der Waals surface area contributed by atoms with Crippen LogP contribution in [0.15, 0.2) is 30.3 Å². The van der Waals surface area contributed by atoms with Crippen LogP contribution < -0.4 is 5.32 Å². The Hall–Kier alpha value is -1.33. The molecule has 0 fully saturated rings. The molecule has 0 radical (unpaired) electrons. The molecule has 0 aliphatic rings. The van der Waals surface area contributed by atoms with Gasteiger partial charge in [-0.2, -0.15) is 0 Å². The van der Waals surface area contributed by atoms with E-state index in [2.05, 4.69) is 5.32 Å². The minimum atomic E-state index is -0.650. The second-order valence-electron chi connectivity index (χ2n) is 7.08. The average molecular weight is 366 g/mol. The highest BCUT2D eigenvalue weighted by atomic mass is 32.2. The summed E-state index contributed by atoms with van der Waals surface area (Å²) in [5, 5.41) is 3.36. The fourth-order valence-corrected chi connectivity index (χ4v) is 3.66. The Morgan fingerprint density at radius 1 is 1.16 bits per heavy atom. The van der Waals surface area contributed by atoms with Crippen LogP contribution in [0.25, 0.3) is 0 Å². The van der Waals surface area contributed by atoms with Crippen molar-refractivity contribution in [3.8, 4) is 0 Å². The number of rotatable bonds is 8. The molecule has 3 atom stereocenters. The molecule has 0 aliphatic carbocycles. The SMILES string of the molecule is CCOC(=O)[C@@H](N[C@H](C)c1ccccc1)[C@@H](CC)C(=O)SC(C)(C)C. The van der Waals surface area contributed by atoms with Crippen molar-refractivity contribution in [2.75, 3.05) is 6.61 Å². The zero-order chi connectivity index (χ0) is 19.0. The Bertz CT molecular complexity index is 554. The highest BCUT2D eigenvalue weighted by Gasteiger charge is 2.36. The third-order valence-electron chi connectivity index (χ3n) is 3.82. The molecule has 0 aromatic heterocycles. The highest BCUT2D eigenvalue weighted by molar-refractivity contribution is 8.14. The van der Waals surface area contributed by atoms with E-state index in [1.165, 1.54) is 11.8 Å². The summed E-state index contributed by atoms with van der Waals surface area (Å²) >= 11 is 1.29. The number of carbonyl (C=O) groups excluding carboxylic acids is 2. The van der Waals surface area contributed by atoms with Gasteiger partial charge in [0, 0.05) is 10.8 Å². The predicted octanol–water partition coefficient (Wildman–Crippen LogP) is 4.35. The second kappa shape index (κ2) is 9.97. The van der Waals surface area contributed by atoms with Gasteiger partial charge in [-0.3, -0.25) is 14.9 Å². The van der Waals surface area contributed by atoms with Crippen LogP contribution in [0, 0.1) is 5.92 Å². The highest BCUT2D eigenvalue weighted by Crippen LogP contribution is 2.30. The summed E-state index contributed by atoms with van der Waals surface area (Å²) in [5.74, 6) is -0.783. The van der Waals surface area contributed by atoms with Crippen molar-refractivity contribution < 1.29 is 14.3 Å². The van der Waals surface area contributed by atoms with Gasteiger partial charge in [-0.15, -0.1) is 0 Å². The van der Waals surface area contributed by atoms with Crippen molar-refractivity contribution in [2.45, 2.75) is 64.8 Å². The lowest BCUT2D eigenvalue weighted by atomic mass is 9.96. The third-order valence-corrected chi connectivity index (χ3v) is 4.94. The zero-order valence-electron chi connectivity index (χ0n) is 16.2. The fraction of sp³-hybridized carbons (Fsp3) is 0.600. The van der Waals surface area contributed by atoms with Gasteiger partial charge in [0.2, 0.25) is 0 Å². The van der Waals surface area contributed by atoms with Gasteiger partial charge in [-0.25, -0.2) is 0 Å². The number of hydrogen-bond acceptors (Lipinski definition) is 5. The van der Waals surface area contributed by atoms with Crippen molar-refractivity contribution in [1.82, 2.24) is 5.32 Å². The van der Waals surface area contributed by atoms with E-state index < -0.39 is 12.0 Å². The van der Waals surface area contributed by atoms with Crippen molar-refractivity contribution in [1.29, 1.82) is 0 Å². The summed E-state index contributed by atoms with van der Waals surface area (Å²) in [4.78, 5) is 25.3. The molecule has 0 amide bonds. The van der Waals surface area contributed by atoms with Crippen LogP contribution in [0.4, 0.5) is 0 Å². The van der Waals surface area contributed by atoms with E-state index in [0.29, 0.717) is 13.0 Å². The number of thioether (sulfide) groups is 1. The lowest BCUT2D eigenvalue weighted by Gasteiger charge is -2.29. The third kappa shape index (κ3) is 7.20. The maximum Gasteiger partial charge on any atom is 0.323 e. The Morgan fingerprint density at radius 2 is 1.76 bits per heavy atom. The second-order valence-corrected chi connectivity index (χ2v) is 8.91. The van der Waals surface area contributed by atoms with Crippen molar-refractivity contribution >= 4 is 22.8 Å². The van der Waals surface area contributed by atoms with Crippen LogP contribution in [0.3, 0.4) is 0 Å². The molecule has 1 N–H and O–H groups in total. The first kappa shape index (κ1) is 21.7. The molecule has 140 valence electrons. The largest absolute Gasteiger partial charge is 0.465 e. The molecule has 1 rings (SSSR count). The van der Waals surface area contributed by atoms with E-state index in [9.17, 15) is 9.59 Å². The van der Waals surface area contributed by atoms with Gasteiger partial charge >= 0.3 is 5.97 Å². The Balaban J connectivity index is 3.01. The van der Waals surface area contributed by atoms with Crippen molar-refractivity contribution in [2.24, 2.45) is 5.92 Å². The Labute approximate surface area is 156 Å². The quantitative estimate of drug-likeness (QED) is 0.694. The van der Waals surface area contributed by atoms with Gasteiger partial charge < -0.3 is 4.74 Å². The molecule has 0 saturated heterocycles. The molecular formula is C20H31NO3S. The smallest absolute Gasteiger partial charge is 0.323 e. The number of esters is 1. The summed E-state index contributed by atoms with van der Waals surface area (Å²) in [7, 11) is 0. The van der Waals surface area contributed by atoms with Crippen molar-refractivity contribution in [3.05, 3.63) is 35.9 Å². The van der Waals surface area contributed by atoms with Gasteiger partial charge in [-0.05, 0) is 25.8 Å². The molecule has 1 aromatic rings. The standard InChI is InChI=1S/C20H31NO3S/c1-7-16(19(23)25-20(4,5)6)17(18(22)24-8-2)21-14(3)15-12-10-9-11-13-15/h9-14,16-17,21H,7-8H2,1-6H3/t14-,16-,17+/m1/s1. The van der Waals surface area contributed by atoms with Crippen LogP contribution in [0.5, 0.6) is 0 Å². The first-order valence-electron chi connectivity index (χ1n) is 8.90. The molecule has 5 heteroatoms. The van der Waals surface area contributed by atoms with Gasteiger partial charge in [0.05, 0.1) is 12.5 Å². The number of hydrogen-bond donors (Lipinski definition) is 1. The molecule has 0 unspecified atom stereocenters. The molecule has 0 bridgehead atoms. The molecule has 0 aliphatic heterocycles. The predicted molar refractivity (Wildman–Crippen MR) is 105 cm³/mol. The summed E-state index contributed by atoms with van der Waals surface area (Å²) in [5.41, 5.74) is 1.07. The van der Waals surface area contributed by atoms with Crippen LogP contribution >= 0.6 is 11.8 Å². The van der Waals surface area contributed by atoms with Gasteiger partial charge in [0.1, 0.15) is 6.04 Å². The maximum atomic E-state index is 12.8. The Kier molecular flexibility index (Phi) is 8.66. The zero-order valence-corrected chi connectivity index (χ0v) is 17.0. The first-order chi connectivity index (χ1) is 11.7. The molecule has 0 saturated carbocycles. The summed E-state index contributed by atoms with van der Waals surface area (Å²) < 4.78 is 5.06. The van der Waals surface area contributed by atoms with Gasteiger partial charge in [-0.1, -0.05) is 69.8 Å². The maximum absolute atomic E-state index is 12.8. The number of ether oxygens (including phenoxy) is 1. The fourth-order valence-electron chi connectivity index (χ4n) is 2.60. The van der Waals surface area contributed by atoms with Crippen LogP contribution in [-0.4, -0.2) is 28.5 Å². The Morgan fingerprint density at radius 3 is 2.24 bits per heavy atom. The normalized spacial score (nSPS) is 15.3. The minimum absolute atomic E-state index is 0.0285. The van der Waals surface area contributed by atoms with Crippen molar-refractivity contribution in [3.63, 3.8) is 0 Å². The molecular weight excluding hydrogens is 334 g/mol. The van der Waals surface area contributed by atoms with E-state index >= 15 is 0 Å². The number of benzene rings is 1. The van der Waals surface area contributed by atoms with E-state index in [0.717, 1.165) is 5.56 Å². The number of carbonyl (C=O) groups is 2. The van der Waals surface area contributed by atoms with Crippen LogP contribution in [-0.2, 0) is 14.3 Å². The lowest BCUT2D eigenvalue weighted by Crippen LogP contribution is -2.47. The van der Waals surface area contributed by atoms with E-state index in [1.54, 1.807) is 6.92 Å².